The van der Waals surface area contributed by atoms with Gasteiger partial charge in [0, 0.05) is 51.1 Å². The minimum atomic E-state index is -0.0574. The summed E-state index contributed by atoms with van der Waals surface area (Å²) in [6.07, 6.45) is 4.42. The number of aryl methyl sites for hydroxylation is 2. The lowest BCUT2D eigenvalue weighted by Crippen LogP contribution is -2.30. The number of pyridine rings is 1. The normalized spacial score (nSPS) is 16.9. The van der Waals surface area contributed by atoms with Gasteiger partial charge in [0.2, 0.25) is 5.95 Å². The molecule has 1 aromatic carbocycles. The molecule has 4 aromatic rings. The van der Waals surface area contributed by atoms with Crippen LogP contribution in [0, 0.1) is 6.92 Å². The Bertz CT molecular complexity index is 1340. The summed E-state index contributed by atoms with van der Waals surface area (Å²) in [5.41, 5.74) is 4.25. The van der Waals surface area contributed by atoms with E-state index in [-0.39, 0.29) is 11.7 Å². The van der Waals surface area contributed by atoms with Crippen LogP contribution in [0.25, 0.3) is 22.1 Å². The van der Waals surface area contributed by atoms with Gasteiger partial charge in [-0.3, -0.25) is 19.0 Å². The molecule has 0 radical (unpaired) electrons. The molecular weight excluding hydrogens is 406 g/mol. The number of benzene rings is 1. The van der Waals surface area contributed by atoms with Crippen LogP contribution in [0.3, 0.4) is 0 Å². The maximum Gasteiger partial charge on any atom is 0.330 e. The number of ether oxygens (including phenoxy) is 1. The molecule has 0 bridgehead atoms. The minimum absolute atomic E-state index is 0.0574. The van der Waals surface area contributed by atoms with E-state index in [4.69, 9.17) is 9.72 Å². The first kappa shape index (κ1) is 20.6. The van der Waals surface area contributed by atoms with Gasteiger partial charge in [0.1, 0.15) is 5.52 Å². The average Bonchev–Trinajstić information content (AvgIpc) is 3.35. The molecule has 0 aliphatic carbocycles. The number of anilines is 2. The SMILES string of the molecule is COCCN1CC[C@H](n2c(=O)n(C)c3cnc(Nc4cc5cccnc5cc4C)nc32)C1. The standard InChI is InChI=1S/C23H27N7O2/c1-15-11-19-16(5-4-7-24-19)12-18(15)26-22-25-13-20-21(27-22)30(23(31)28(20)2)17-6-8-29(14-17)9-10-32-3/h4-5,7,11-13,17H,6,8-10,14H2,1-3H3,(H,25,26,27)/t17-/m0/s1. The fourth-order valence-electron chi connectivity index (χ4n) is 4.45. The zero-order valence-electron chi connectivity index (χ0n) is 18.6. The zero-order chi connectivity index (χ0) is 22.2. The van der Waals surface area contributed by atoms with Gasteiger partial charge in [-0.1, -0.05) is 6.07 Å². The Morgan fingerprint density at radius 2 is 2.16 bits per heavy atom. The van der Waals surface area contributed by atoms with E-state index < -0.39 is 0 Å². The third kappa shape index (κ3) is 3.63. The van der Waals surface area contributed by atoms with Crippen molar-refractivity contribution in [1.29, 1.82) is 0 Å². The number of hydrogen-bond acceptors (Lipinski definition) is 7. The monoisotopic (exact) mass is 433 g/mol. The van der Waals surface area contributed by atoms with Crippen molar-refractivity contribution in [3.63, 3.8) is 0 Å². The van der Waals surface area contributed by atoms with E-state index in [9.17, 15) is 4.79 Å². The van der Waals surface area contributed by atoms with Gasteiger partial charge >= 0.3 is 5.69 Å². The largest absolute Gasteiger partial charge is 0.383 e. The van der Waals surface area contributed by atoms with Crippen LogP contribution in [0.15, 0.2) is 41.5 Å². The number of nitrogens with one attached hydrogen (secondary N) is 1. The fourth-order valence-corrected chi connectivity index (χ4v) is 4.45. The van der Waals surface area contributed by atoms with Crippen molar-refractivity contribution < 1.29 is 4.74 Å². The van der Waals surface area contributed by atoms with Crippen molar-refractivity contribution in [3.05, 3.63) is 52.7 Å². The van der Waals surface area contributed by atoms with Crippen molar-refractivity contribution in [3.8, 4) is 0 Å². The maximum absolute atomic E-state index is 13.1. The van der Waals surface area contributed by atoms with Crippen molar-refractivity contribution in [2.75, 3.05) is 38.7 Å². The molecule has 1 aliphatic heterocycles. The number of imidazole rings is 1. The molecule has 4 heterocycles. The summed E-state index contributed by atoms with van der Waals surface area (Å²) in [7, 11) is 3.48. The second-order valence-electron chi connectivity index (χ2n) is 8.34. The van der Waals surface area contributed by atoms with Crippen LogP contribution in [0.2, 0.25) is 0 Å². The minimum Gasteiger partial charge on any atom is -0.383 e. The lowest BCUT2D eigenvalue weighted by atomic mass is 10.1. The molecule has 0 spiro atoms. The molecule has 1 aliphatic rings. The molecule has 32 heavy (non-hydrogen) atoms. The first-order chi connectivity index (χ1) is 15.5. The highest BCUT2D eigenvalue weighted by Crippen LogP contribution is 2.27. The highest BCUT2D eigenvalue weighted by Gasteiger charge is 2.28. The number of methoxy groups -OCH3 is 1. The molecule has 1 atom stereocenters. The van der Waals surface area contributed by atoms with E-state index in [2.05, 4.69) is 20.2 Å². The van der Waals surface area contributed by atoms with Crippen molar-refractivity contribution in [2.24, 2.45) is 7.05 Å². The van der Waals surface area contributed by atoms with Crippen LogP contribution in [0.1, 0.15) is 18.0 Å². The van der Waals surface area contributed by atoms with Crippen molar-refractivity contribution in [2.45, 2.75) is 19.4 Å². The lowest BCUT2D eigenvalue weighted by Gasteiger charge is -2.16. The van der Waals surface area contributed by atoms with E-state index in [0.29, 0.717) is 18.2 Å². The van der Waals surface area contributed by atoms with E-state index in [1.165, 1.54) is 0 Å². The molecule has 9 nitrogen and oxygen atoms in total. The highest BCUT2D eigenvalue weighted by molar-refractivity contribution is 5.85. The summed E-state index contributed by atoms with van der Waals surface area (Å²) < 4.78 is 8.66. The summed E-state index contributed by atoms with van der Waals surface area (Å²) in [4.78, 5) is 29.0. The highest BCUT2D eigenvalue weighted by atomic mass is 16.5. The summed E-state index contributed by atoms with van der Waals surface area (Å²) >= 11 is 0. The predicted molar refractivity (Wildman–Crippen MR) is 125 cm³/mol. The zero-order valence-corrected chi connectivity index (χ0v) is 18.6. The Balaban J connectivity index is 1.50. The third-order valence-corrected chi connectivity index (χ3v) is 6.25. The van der Waals surface area contributed by atoms with Gasteiger partial charge in [0.25, 0.3) is 0 Å². The molecule has 0 saturated carbocycles. The van der Waals surface area contributed by atoms with Gasteiger partial charge in [-0.2, -0.15) is 4.98 Å². The number of aromatic nitrogens is 5. The maximum atomic E-state index is 13.1. The summed E-state index contributed by atoms with van der Waals surface area (Å²) in [5, 5.41) is 4.38. The van der Waals surface area contributed by atoms with Crippen LogP contribution in [0.4, 0.5) is 11.6 Å². The molecule has 1 N–H and O–H groups in total. The summed E-state index contributed by atoms with van der Waals surface area (Å²) in [6, 6.07) is 8.13. The summed E-state index contributed by atoms with van der Waals surface area (Å²) in [5.74, 6) is 0.470. The van der Waals surface area contributed by atoms with Crippen LogP contribution in [0.5, 0.6) is 0 Å². The van der Waals surface area contributed by atoms with E-state index in [1.807, 2.05) is 35.8 Å². The Hall–Kier alpha value is -3.30. The van der Waals surface area contributed by atoms with Crippen LogP contribution in [-0.4, -0.2) is 62.3 Å². The molecular formula is C23H27N7O2. The second-order valence-corrected chi connectivity index (χ2v) is 8.34. The number of hydrogen-bond donors (Lipinski definition) is 1. The number of fused-ring (bicyclic) bond motifs is 2. The number of rotatable bonds is 6. The summed E-state index contributed by atoms with van der Waals surface area (Å²) in [6.45, 7) is 5.34. The molecule has 5 rings (SSSR count). The quantitative estimate of drug-likeness (QED) is 0.500. The van der Waals surface area contributed by atoms with Gasteiger partial charge in [-0.25, -0.2) is 9.78 Å². The first-order valence-corrected chi connectivity index (χ1v) is 10.8. The number of nitrogens with zero attached hydrogens (tertiary/aromatic N) is 6. The van der Waals surface area contributed by atoms with Gasteiger partial charge in [0.05, 0.1) is 24.4 Å². The van der Waals surface area contributed by atoms with E-state index >= 15 is 0 Å². The van der Waals surface area contributed by atoms with E-state index in [0.717, 1.165) is 53.7 Å². The van der Waals surface area contributed by atoms with Crippen LogP contribution < -0.4 is 11.0 Å². The van der Waals surface area contributed by atoms with Crippen molar-refractivity contribution in [1.82, 2.24) is 29.0 Å². The Labute approximate surface area is 185 Å². The molecule has 1 fully saturated rings. The first-order valence-electron chi connectivity index (χ1n) is 10.8. The smallest absolute Gasteiger partial charge is 0.330 e. The van der Waals surface area contributed by atoms with Gasteiger partial charge in [-0.05, 0) is 37.1 Å². The van der Waals surface area contributed by atoms with Crippen molar-refractivity contribution >= 4 is 33.7 Å². The topological polar surface area (TPSA) is 90.1 Å². The average molecular weight is 434 g/mol. The molecule has 9 heteroatoms. The molecule has 1 saturated heterocycles. The number of likely N-dealkylation sites (tertiary alicyclic amines) is 1. The Kier molecular flexibility index (Phi) is 5.36. The van der Waals surface area contributed by atoms with Gasteiger partial charge in [0.15, 0.2) is 5.65 Å². The lowest BCUT2D eigenvalue weighted by molar-refractivity contribution is 0.159. The van der Waals surface area contributed by atoms with Gasteiger partial charge < -0.3 is 10.1 Å². The van der Waals surface area contributed by atoms with Crippen LogP contribution >= 0.6 is 0 Å². The molecule has 0 amide bonds. The fraction of sp³-hybridized carbons (Fsp3) is 0.391. The predicted octanol–water partition coefficient (Wildman–Crippen LogP) is 2.62. The third-order valence-electron chi connectivity index (χ3n) is 6.25. The Morgan fingerprint density at radius 3 is 3.00 bits per heavy atom. The van der Waals surface area contributed by atoms with Gasteiger partial charge in [-0.15, -0.1) is 0 Å². The van der Waals surface area contributed by atoms with Crippen LogP contribution in [-0.2, 0) is 11.8 Å². The molecule has 3 aromatic heterocycles. The Morgan fingerprint density at radius 1 is 1.28 bits per heavy atom. The van der Waals surface area contributed by atoms with E-state index in [1.54, 1.807) is 31.1 Å². The molecule has 0 unspecified atom stereocenters. The molecule has 166 valence electrons. The second kappa shape index (κ2) is 8.33.